The number of hydrogen-bond acceptors (Lipinski definition) is 2. The zero-order chi connectivity index (χ0) is 12.2. The van der Waals surface area contributed by atoms with Crippen molar-refractivity contribution in [1.29, 1.82) is 0 Å². The van der Waals surface area contributed by atoms with E-state index >= 15 is 0 Å². The second kappa shape index (κ2) is 17.5. The molecule has 0 aliphatic carbocycles. The second-order valence-corrected chi connectivity index (χ2v) is 5.09. The van der Waals surface area contributed by atoms with E-state index in [2.05, 4.69) is 13.8 Å². The van der Waals surface area contributed by atoms with E-state index in [1.165, 1.54) is 64.2 Å². The van der Waals surface area contributed by atoms with Crippen LogP contribution in [0.5, 0.6) is 0 Å². The monoisotopic (exact) mass is 300 g/mol. The Kier molecular flexibility index (Phi) is 22.9. The molecule has 0 aliphatic rings. The molecule has 0 rings (SSSR count). The SMILES string of the molecule is CCCC(N)CCCCCCC(N)CCC.Cl.Cl. The summed E-state index contributed by atoms with van der Waals surface area (Å²) in [6, 6.07) is 0.875. The Morgan fingerprint density at radius 1 is 0.611 bits per heavy atom. The molecule has 0 bridgehead atoms. The highest BCUT2D eigenvalue weighted by Crippen LogP contribution is 2.11. The molecule has 0 amide bonds. The zero-order valence-electron chi connectivity index (χ0n) is 12.2. The van der Waals surface area contributed by atoms with Crippen molar-refractivity contribution in [1.82, 2.24) is 0 Å². The summed E-state index contributed by atoms with van der Waals surface area (Å²) in [7, 11) is 0. The molecule has 2 nitrogen and oxygen atoms in total. The van der Waals surface area contributed by atoms with Crippen LogP contribution in [0, 0.1) is 0 Å². The quantitative estimate of drug-likeness (QED) is 0.555. The van der Waals surface area contributed by atoms with Crippen molar-refractivity contribution >= 4 is 24.8 Å². The van der Waals surface area contributed by atoms with Crippen LogP contribution >= 0.6 is 24.8 Å². The Morgan fingerprint density at radius 2 is 0.944 bits per heavy atom. The minimum atomic E-state index is 0. The summed E-state index contributed by atoms with van der Waals surface area (Å²) >= 11 is 0. The van der Waals surface area contributed by atoms with Crippen molar-refractivity contribution in [3.63, 3.8) is 0 Å². The number of rotatable bonds is 11. The normalized spacial score (nSPS) is 13.3. The molecule has 0 saturated carbocycles. The van der Waals surface area contributed by atoms with E-state index in [4.69, 9.17) is 11.5 Å². The molecule has 114 valence electrons. The van der Waals surface area contributed by atoms with Crippen molar-refractivity contribution in [3.05, 3.63) is 0 Å². The number of nitrogens with two attached hydrogens (primary N) is 2. The van der Waals surface area contributed by atoms with Gasteiger partial charge in [-0.05, 0) is 25.7 Å². The number of unbranched alkanes of at least 4 members (excludes halogenated alkanes) is 3. The summed E-state index contributed by atoms with van der Waals surface area (Å²) in [5, 5.41) is 0. The molecule has 0 fully saturated rings. The Balaban J connectivity index is -0.00000112. The van der Waals surface area contributed by atoms with Crippen LogP contribution in [0.25, 0.3) is 0 Å². The van der Waals surface area contributed by atoms with E-state index in [0.717, 1.165) is 0 Å². The molecule has 0 heterocycles. The summed E-state index contributed by atoms with van der Waals surface area (Å²) < 4.78 is 0. The van der Waals surface area contributed by atoms with E-state index in [0.29, 0.717) is 12.1 Å². The van der Waals surface area contributed by atoms with Crippen LogP contribution in [-0.4, -0.2) is 12.1 Å². The predicted octanol–water partition coefficient (Wildman–Crippen LogP) is 4.43. The molecule has 0 aliphatic heterocycles. The Morgan fingerprint density at radius 3 is 1.22 bits per heavy atom. The summed E-state index contributed by atoms with van der Waals surface area (Å²) in [5.74, 6) is 0. The molecule has 4 heteroatoms. The lowest BCUT2D eigenvalue weighted by molar-refractivity contribution is 0.486. The van der Waals surface area contributed by atoms with Gasteiger partial charge < -0.3 is 11.5 Å². The topological polar surface area (TPSA) is 52.0 Å². The first kappa shape index (κ1) is 23.6. The van der Waals surface area contributed by atoms with Gasteiger partial charge in [-0.25, -0.2) is 0 Å². The van der Waals surface area contributed by atoms with Crippen LogP contribution in [0.4, 0.5) is 0 Å². The van der Waals surface area contributed by atoms with Crippen molar-refractivity contribution in [2.75, 3.05) is 0 Å². The molecule has 2 atom stereocenters. The van der Waals surface area contributed by atoms with Gasteiger partial charge in [0.15, 0.2) is 0 Å². The van der Waals surface area contributed by atoms with Gasteiger partial charge in [0.2, 0.25) is 0 Å². The maximum atomic E-state index is 5.97. The van der Waals surface area contributed by atoms with E-state index in [9.17, 15) is 0 Å². The van der Waals surface area contributed by atoms with Gasteiger partial charge in [0.25, 0.3) is 0 Å². The molecule has 2 unspecified atom stereocenters. The maximum absolute atomic E-state index is 5.97. The van der Waals surface area contributed by atoms with Gasteiger partial charge in [0, 0.05) is 12.1 Å². The summed E-state index contributed by atoms with van der Waals surface area (Å²) in [5.41, 5.74) is 11.9. The average Bonchev–Trinajstić information content (AvgIpc) is 2.24. The summed E-state index contributed by atoms with van der Waals surface area (Å²) in [4.78, 5) is 0. The average molecular weight is 301 g/mol. The van der Waals surface area contributed by atoms with E-state index in [-0.39, 0.29) is 24.8 Å². The fraction of sp³-hybridized carbons (Fsp3) is 1.00. The Bertz CT molecular complexity index is 130. The first-order valence-electron chi connectivity index (χ1n) is 7.21. The van der Waals surface area contributed by atoms with Crippen molar-refractivity contribution < 1.29 is 0 Å². The second-order valence-electron chi connectivity index (χ2n) is 5.09. The van der Waals surface area contributed by atoms with Gasteiger partial charge in [-0.15, -0.1) is 24.8 Å². The number of halogens is 2. The summed E-state index contributed by atoms with van der Waals surface area (Å²) in [6.45, 7) is 4.41. The van der Waals surface area contributed by atoms with Crippen molar-refractivity contribution in [3.8, 4) is 0 Å². The predicted molar refractivity (Wildman–Crippen MR) is 88.0 cm³/mol. The standard InChI is InChI=1S/C14H32N2.2ClH/c1-3-9-13(15)11-7-5-6-8-12-14(16)10-4-2;;/h13-14H,3-12,15-16H2,1-2H3;2*1H. The van der Waals surface area contributed by atoms with Gasteiger partial charge in [0.1, 0.15) is 0 Å². The summed E-state index contributed by atoms with van der Waals surface area (Å²) in [6.07, 6.45) is 12.5. The molecule has 0 saturated heterocycles. The first-order valence-corrected chi connectivity index (χ1v) is 7.21. The molecular formula is C14H34Cl2N2. The van der Waals surface area contributed by atoms with Crippen LogP contribution in [0.15, 0.2) is 0 Å². The van der Waals surface area contributed by atoms with Crippen molar-refractivity contribution in [2.24, 2.45) is 11.5 Å². The van der Waals surface area contributed by atoms with Gasteiger partial charge in [-0.2, -0.15) is 0 Å². The van der Waals surface area contributed by atoms with Gasteiger partial charge in [-0.1, -0.05) is 52.4 Å². The minimum Gasteiger partial charge on any atom is -0.328 e. The molecule has 4 N–H and O–H groups in total. The Hall–Kier alpha value is 0.500. The molecule has 0 radical (unpaired) electrons. The molecule has 0 aromatic heterocycles. The van der Waals surface area contributed by atoms with Crippen molar-refractivity contribution in [2.45, 2.75) is 90.1 Å². The highest BCUT2D eigenvalue weighted by molar-refractivity contribution is 5.85. The molecular weight excluding hydrogens is 267 g/mol. The molecule has 0 spiro atoms. The van der Waals surface area contributed by atoms with Crippen LogP contribution in [0.1, 0.15) is 78.1 Å². The third-order valence-electron chi connectivity index (χ3n) is 3.22. The lowest BCUT2D eigenvalue weighted by Crippen LogP contribution is -2.19. The lowest BCUT2D eigenvalue weighted by Gasteiger charge is -2.11. The van der Waals surface area contributed by atoms with Crippen LogP contribution < -0.4 is 11.5 Å². The lowest BCUT2D eigenvalue weighted by atomic mass is 10.0. The minimum absolute atomic E-state index is 0. The molecule has 0 aromatic carbocycles. The van der Waals surface area contributed by atoms with Gasteiger partial charge >= 0.3 is 0 Å². The highest BCUT2D eigenvalue weighted by atomic mass is 35.5. The van der Waals surface area contributed by atoms with E-state index in [1.807, 2.05) is 0 Å². The van der Waals surface area contributed by atoms with Gasteiger partial charge in [0.05, 0.1) is 0 Å². The Labute approximate surface area is 126 Å². The van der Waals surface area contributed by atoms with E-state index in [1.54, 1.807) is 0 Å². The third kappa shape index (κ3) is 16.5. The maximum Gasteiger partial charge on any atom is 0.00387 e. The first-order chi connectivity index (χ1) is 7.70. The smallest absolute Gasteiger partial charge is 0.00387 e. The van der Waals surface area contributed by atoms with E-state index < -0.39 is 0 Å². The fourth-order valence-corrected chi connectivity index (χ4v) is 2.20. The zero-order valence-corrected chi connectivity index (χ0v) is 13.8. The highest BCUT2D eigenvalue weighted by Gasteiger charge is 2.02. The van der Waals surface area contributed by atoms with Crippen LogP contribution in [0.3, 0.4) is 0 Å². The van der Waals surface area contributed by atoms with Gasteiger partial charge in [-0.3, -0.25) is 0 Å². The molecule has 18 heavy (non-hydrogen) atoms. The number of hydrogen-bond donors (Lipinski definition) is 2. The molecule has 0 aromatic rings. The third-order valence-corrected chi connectivity index (χ3v) is 3.22. The van der Waals surface area contributed by atoms with Crippen LogP contribution in [-0.2, 0) is 0 Å². The fourth-order valence-electron chi connectivity index (χ4n) is 2.20. The largest absolute Gasteiger partial charge is 0.328 e. The van der Waals surface area contributed by atoms with Crippen LogP contribution in [0.2, 0.25) is 0 Å².